The number of rotatable bonds is 2. The van der Waals surface area contributed by atoms with Crippen LogP contribution in [0, 0.1) is 5.82 Å². The molecule has 1 aromatic carbocycles. The lowest BCUT2D eigenvalue weighted by molar-refractivity contribution is 0.442. The Labute approximate surface area is 126 Å². The third-order valence-electron chi connectivity index (χ3n) is 2.46. The van der Waals surface area contributed by atoms with Crippen LogP contribution in [-0.2, 0) is 5.41 Å². The molecular weight excluding hydrogens is 302 g/mol. The lowest BCUT2D eigenvalue weighted by Crippen LogP contribution is -2.16. The first kappa shape index (κ1) is 15.0. The molecule has 3 nitrogen and oxygen atoms in total. The molecule has 20 heavy (non-hydrogen) atoms. The van der Waals surface area contributed by atoms with Gasteiger partial charge in [-0.2, -0.15) is 4.98 Å². The van der Waals surface area contributed by atoms with E-state index in [1.165, 1.54) is 18.2 Å². The molecule has 0 fully saturated rings. The molecule has 2 rings (SSSR count). The fourth-order valence-corrected chi connectivity index (χ4v) is 1.74. The number of benzene rings is 1. The molecule has 0 N–H and O–H groups in total. The second-order valence-corrected chi connectivity index (χ2v) is 6.07. The van der Waals surface area contributed by atoms with Gasteiger partial charge in [-0.1, -0.05) is 44.0 Å². The van der Waals surface area contributed by atoms with E-state index < -0.39 is 5.82 Å². The van der Waals surface area contributed by atoms with Crippen molar-refractivity contribution in [3.8, 4) is 11.6 Å². The van der Waals surface area contributed by atoms with Gasteiger partial charge in [-0.15, -0.1) is 0 Å². The second kappa shape index (κ2) is 5.54. The molecule has 1 heterocycles. The number of hydrogen-bond acceptors (Lipinski definition) is 3. The molecule has 1 aromatic heterocycles. The predicted molar refractivity (Wildman–Crippen MR) is 77.2 cm³/mol. The summed E-state index contributed by atoms with van der Waals surface area (Å²) in [5.74, 6) is 0.549. The topological polar surface area (TPSA) is 35.0 Å². The summed E-state index contributed by atoms with van der Waals surface area (Å²) in [6, 6.07) is 5.64. The minimum atomic E-state index is -0.555. The predicted octanol–water partition coefficient (Wildman–Crippen LogP) is 5.01. The third-order valence-corrected chi connectivity index (χ3v) is 2.96. The molecule has 0 aliphatic carbocycles. The van der Waals surface area contributed by atoms with Gasteiger partial charge in [-0.25, -0.2) is 9.37 Å². The summed E-state index contributed by atoms with van der Waals surface area (Å²) in [4.78, 5) is 8.44. The zero-order valence-corrected chi connectivity index (χ0v) is 12.8. The smallest absolute Gasteiger partial charge is 0.224 e. The van der Waals surface area contributed by atoms with Gasteiger partial charge in [-0.05, 0) is 12.1 Å². The van der Waals surface area contributed by atoms with Gasteiger partial charge in [-0.3, -0.25) is 0 Å². The van der Waals surface area contributed by atoms with E-state index in [9.17, 15) is 4.39 Å². The van der Waals surface area contributed by atoms with Crippen LogP contribution in [0.5, 0.6) is 11.6 Å². The highest BCUT2D eigenvalue weighted by molar-refractivity contribution is 6.30. The van der Waals surface area contributed by atoms with Crippen LogP contribution in [0.15, 0.2) is 24.3 Å². The number of ether oxygens (including phenoxy) is 1. The maximum absolute atomic E-state index is 13.4. The lowest BCUT2D eigenvalue weighted by atomic mass is 9.96. The Morgan fingerprint density at radius 1 is 1.10 bits per heavy atom. The van der Waals surface area contributed by atoms with Crippen molar-refractivity contribution in [2.45, 2.75) is 26.2 Å². The van der Waals surface area contributed by atoms with E-state index in [-0.39, 0.29) is 21.5 Å². The van der Waals surface area contributed by atoms with Gasteiger partial charge in [0.05, 0.1) is 5.02 Å². The largest absolute Gasteiger partial charge is 0.439 e. The normalized spacial score (nSPS) is 11.5. The molecule has 0 radical (unpaired) electrons. The van der Waals surface area contributed by atoms with E-state index >= 15 is 0 Å². The highest BCUT2D eigenvalue weighted by Gasteiger charge is 2.19. The molecule has 0 spiro atoms. The zero-order chi connectivity index (χ0) is 14.9. The molecule has 0 saturated heterocycles. The van der Waals surface area contributed by atoms with Crippen molar-refractivity contribution in [3.63, 3.8) is 0 Å². The van der Waals surface area contributed by atoms with E-state index in [2.05, 4.69) is 9.97 Å². The van der Waals surface area contributed by atoms with Gasteiger partial charge in [0.2, 0.25) is 5.88 Å². The van der Waals surface area contributed by atoms with Gasteiger partial charge >= 0.3 is 0 Å². The fourth-order valence-electron chi connectivity index (χ4n) is 1.45. The molecule has 6 heteroatoms. The first-order valence-electron chi connectivity index (χ1n) is 5.94. The molecular formula is C14H13Cl2FN2O. The van der Waals surface area contributed by atoms with Crippen LogP contribution in [0.4, 0.5) is 4.39 Å². The molecule has 106 valence electrons. The van der Waals surface area contributed by atoms with Crippen molar-refractivity contribution in [3.05, 3.63) is 46.1 Å². The number of halogens is 3. The van der Waals surface area contributed by atoms with Gasteiger partial charge in [0.25, 0.3) is 0 Å². The standard InChI is InChI=1S/C14H13Cl2FN2O/c1-14(2,3)13-18-11(16)7-12(19-13)20-8-4-5-9(15)10(17)6-8/h4-7H,1-3H3. The highest BCUT2D eigenvalue weighted by atomic mass is 35.5. The fraction of sp³-hybridized carbons (Fsp3) is 0.286. The van der Waals surface area contributed by atoms with E-state index in [1.54, 1.807) is 6.07 Å². The number of hydrogen-bond donors (Lipinski definition) is 0. The first-order valence-corrected chi connectivity index (χ1v) is 6.69. The Bertz CT molecular complexity index is 642. The molecule has 0 aliphatic rings. The minimum absolute atomic E-state index is 0.0356. The van der Waals surface area contributed by atoms with Gasteiger partial charge in [0, 0.05) is 17.5 Å². The van der Waals surface area contributed by atoms with Crippen LogP contribution < -0.4 is 4.74 Å². The SMILES string of the molecule is CC(C)(C)c1nc(Cl)cc(Oc2ccc(Cl)c(F)c2)n1. The summed E-state index contributed by atoms with van der Waals surface area (Å²) in [5, 5.41) is 0.308. The monoisotopic (exact) mass is 314 g/mol. The Hall–Kier alpha value is -1.39. The Morgan fingerprint density at radius 2 is 1.80 bits per heavy atom. The van der Waals surface area contributed by atoms with Crippen LogP contribution in [0.25, 0.3) is 0 Å². The van der Waals surface area contributed by atoms with Crippen molar-refractivity contribution in [2.75, 3.05) is 0 Å². The Balaban J connectivity index is 2.33. The van der Waals surface area contributed by atoms with Crippen molar-refractivity contribution in [1.29, 1.82) is 0 Å². The van der Waals surface area contributed by atoms with E-state index in [4.69, 9.17) is 27.9 Å². The molecule has 0 aliphatic heterocycles. The Kier molecular flexibility index (Phi) is 4.16. The minimum Gasteiger partial charge on any atom is -0.439 e. The van der Waals surface area contributed by atoms with Crippen molar-refractivity contribution >= 4 is 23.2 Å². The first-order chi connectivity index (χ1) is 9.25. The zero-order valence-electron chi connectivity index (χ0n) is 11.2. The van der Waals surface area contributed by atoms with Gasteiger partial charge in [0.1, 0.15) is 22.5 Å². The van der Waals surface area contributed by atoms with E-state index in [0.717, 1.165) is 0 Å². The average molecular weight is 315 g/mol. The molecule has 0 amide bonds. The lowest BCUT2D eigenvalue weighted by Gasteiger charge is -2.17. The van der Waals surface area contributed by atoms with Crippen LogP contribution in [0.2, 0.25) is 10.2 Å². The highest BCUT2D eigenvalue weighted by Crippen LogP contribution is 2.28. The van der Waals surface area contributed by atoms with Crippen LogP contribution >= 0.6 is 23.2 Å². The molecule has 0 unspecified atom stereocenters. The van der Waals surface area contributed by atoms with Crippen molar-refractivity contribution in [2.24, 2.45) is 0 Å². The number of nitrogens with zero attached hydrogens (tertiary/aromatic N) is 2. The Morgan fingerprint density at radius 3 is 2.40 bits per heavy atom. The second-order valence-electron chi connectivity index (χ2n) is 5.28. The van der Waals surface area contributed by atoms with Gasteiger partial charge < -0.3 is 4.74 Å². The van der Waals surface area contributed by atoms with E-state index in [0.29, 0.717) is 11.6 Å². The maximum atomic E-state index is 13.4. The summed E-state index contributed by atoms with van der Waals surface area (Å²) in [5.41, 5.74) is -0.270. The summed E-state index contributed by atoms with van der Waals surface area (Å²) in [6.07, 6.45) is 0. The number of aromatic nitrogens is 2. The van der Waals surface area contributed by atoms with Crippen molar-refractivity contribution < 1.29 is 9.13 Å². The molecule has 0 saturated carbocycles. The summed E-state index contributed by atoms with van der Waals surface area (Å²) < 4.78 is 18.9. The third kappa shape index (κ3) is 3.58. The summed E-state index contributed by atoms with van der Waals surface area (Å²) in [6.45, 7) is 5.89. The molecule has 0 atom stereocenters. The molecule has 0 bridgehead atoms. The van der Waals surface area contributed by atoms with Crippen LogP contribution in [-0.4, -0.2) is 9.97 Å². The van der Waals surface area contributed by atoms with Crippen molar-refractivity contribution in [1.82, 2.24) is 9.97 Å². The summed E-state index contributed by atoms with van der Waals surface area (Å²) >= 11 is 11.6. The average Bonchev–Trinajstić information content (AvgIpc) is 2.32. The van der Waals surface area contributed by atoms with Crippen LogP contribution in [0.3, 0.4) is 0 Å². The van der Waals surface area contributed by atoms with Gasteiger partial charge in [0.15, 0.2) is 0 Å². The van der Waals surface area contributed by atoms with Crippen LogP contribution in [0.1, 0.15) is 26.6 Å². The molecule has 2 aromatic rings. The quantitative estimate of drug-likeness (QED) is 0.731. The van der Waals surface area contributed by atoms with E-state index in [1.807, 2.05) is 20.8 Å². The maximum Gasteiger partial charge on any atom is 0.224 e. The summed E-state index contributed by atoms with van der Waals surface area (Å²) in [7, 11) is 0.